The van der Waals surface area contributed by atoms with E-state index in [9.17, 15) is 9.59 Å². The number of nitrogens with one attached hydrogen (secondary N) is 2. The van der Waals surface area contributed by atoms with Crippen molar-refractivity contribution in [1.29, 1.82) is 0 Å². The van der Waals surface area contributed by atoms with Gasteiger partial charge in [-0.15, -0.1) is 0 Å². The summed E-state index contributed by atoms with van der Waals surface area (Å²) < 4.78 is 0. The van der Waals surface area contributed by atoms with Crippen molar-refractivity contribution in [1.82, 2.24) is 15.2 Å². The smallest absolute Gasteiger partial charge is 0.306 e. The van der Waals surface area contributed by atoms with Crippen molar-refractivity contribution in [2.24, 2.45) is 11.8 Å². The molecule has 2 atom stereocenters. The van der Waals surface area contributed by atoms with Crippen molar-refractivity contribution in [2.75, 3.05) is 5.32 Å². The number of amides is 1. The van der Waals surface area contributed by atoms with Crippen molar-refractivity contribution in [2.45, 2.75) is 32.6 Å². The molecule has 7 heteroatoms. The lowest BCUT2D eigenvalue weighted by molar-refractivity contribution is -0.143. The van der Waals surface area contributed by atoms with Crippen LogP contribution in [-0.2, 0) is 9.59 Å². The summed E-state index contributed by atoms with van der Waals surface area (Å²) in [7, 11) is 0. The highest BCUT2D eigenvalue weighted by Gasteiger charge is 2.31. The number of rotatable bonds is 4. The lowest BCUT2D eigenvalue weighted by Gasteiger charge is -2.25. The van der Waals surface area contributed by atoms with Crippen LogP contribution in [-0.4, -0.2) is 32.2 Å². The summed E-state index contributed by atoms with van der Waals surface area (Å²) in [5.74, 6) is -0.307. The molecule has 2 unspecified atom stereocenters. The molecule has 24 heavy (non-hydrogen) atoms. The number of aromatic nitrogens is 3. The molecule has 7 nitrogen and oxygen atoms in total. The first-order chi connectivity index (χ1) is 11.5. The minimum Gasteiger partial charge on any atom is -0.481 e. The van der Waals surface area contributed by atoms with Gasteiger partial charge >= 0.3 is 5.97 Å². The van der Waals surface area contributed by atoms with Gasteiger partial charge in [-0.25, -0.2) is 4.98 Å². The van der Waals surface area contributed by atoms with Gasteiger partial charge in [-0.05, 0) is 38.3 Å². The molecule has 1 aliphatic rings. The molecule has 3 N–H and O–H groups in total. The fourth-order valence-corrected chi connectivity index (χ4v) is 3.10. The molecule has 0 bridgehead atoms. The molecule has 1 aromatic carbocycles. The van der Waals surface area contributed by atoms with Gasteiger partial charge in [0.2, 0.25) is 5.91 Å². The van der Waals surface area contributed by atoms with E-state index in [0.29, 0.717) is 24.4 Å². The maximum atomic E-state index is 12.4. The number of carbonyl (C=O) groups is 2. The van der Waals surface area contributed by atoms with Crippen molar-refractivity contribution in [3.8, 4) is 11.4 Å². The SMILES string of the molecule is Cc1nc(-c2cccc(NC(=O)C3CCCC(C(=O)O)C3)c2)n[nH]1. The van der Waals surface area contributed by atoms with Crippen LogP contribution in [0.25, 0.3) is 11.4 Å². The molecule has 1 heterocycles. The molecule has 0 aliphatic heterocycles. The van der Waals surface area contributed by atoms with E-state index in [1.54, 1.807) is 6.07 Å². The van der Waals surface area contributed by atoms with Gasteiger partial charge in [0.25, 0.3) is 0 Å². The highest BCUT2D eigenvalue weighted by atomic mass is 16.4. The standard InChI is InChI=1S/C17H20N4O3/c1-10-18-15(21-20-10)11-4-3-7-14(9-11)19-16(22)12-5-2-6-13(8-12)17(23)24/h3-4,7,9,12-13H,2,5-6,8H2,1H3,(H,19,22)(H,23,24)(H,18,20,21). The van der Waals surface area contributed by atoms with Gasteiger partial charge in [0, 0.05) is 17.2 Å². The fraction of sp³-hybridized carbons (Fsp3) is 0.412. The Hall–Kier alpha value is -2.70. The van der Waals surface area contributed by atoms with E-state index in [0.717, 1.165) is 24.2 Å². The Morgan fingerprint density at radius 1 is 1.29 bits per heavy atom. The number of aromatic amines is 1. The van der Waals surface area contributed by atoms with E-state index in [1.807, 2.05) is 25.1 Å². The maximum absolute atomic E-state index is 12.4. The summed E-state index contributed by atoms with van der Waals surface area (Å²) in [4.78, 5) is 27.9. The first-order valence-corrected chi connectivity index (χ1v) is 8.06. The van der Waals surface area contributed by atoms with Crippen molar-refractivity contribution in [3.05, 3.63) is 30.1 Å². The Bertz CT molecular complexity index is 756. The molecule has 0 saturated heterocycles. The van der Waals surface area contributed by atoms with Crippen LogP contribution < -0.4 is 5.32 Å². The van der Waals surface area contributed by atoms with E-state index in [1.165, 1.54) is 0 Å². The normalized spacial score (nSPS) is 20.5. The van der Waals surface area contributed by atoms with Crippen LogP contribution in [0.4, 0.5) is 5.69 Å². The molecular formula is C17H20N4O3. The average Bonchev–Trinajstić information content (AvgIpc) is 3.02. The molecule has 0 spiro atoms. The summed E-state index contributed by atoms with van der Waals surface area (Å²) in [6.45, 7) is 1.82. The van der Waals surface area contributed by atoms with E-state index in [4.69, 9.17) is 5.11 Å². The van der Waals surface area contributed by atoms with Crippen LogP contribution >= 0.6 is 0 Å². The first kappa shape index (κ1) is 16.2. The van der Waals surface area contributed by atoms with Gasteiger partial charge < -0.3 is 10.4 Å². The summed E-state index contributed by atoms with van der Waals surface area (Å²) in [6.07, 6.45) is 2.56. The topological polar surface area (TPSA) is 108 Å². The molecule has 3 rings (SSSR count). The van der Waals surface area contributed by atoms with Crippen LogP contribution in [0, 0.1) is 18.8 Å². The minimum absolute atomic E-state index is 0.121. The van der Waals surface area contributed by atoms with Crippen LogP contribution in [0.1, 0.15) is 31.5 Å². The number of nitrogens with zero attached hydrogens (tertiary/aromatic N) is 2. The number of carboxylic acid groups (broad SMARTS) is 1. The van der Waals surface area contributed by atoms with E-state index < -0.39 is 11.9 Å². The predicted octanol–water partition coefficient (Wildman–Crippen LogP) is 2.61. The lowest BCUT2D eigenvalue weighted by atomic mass is 9.81. The summed E-state index contributed by atoms with van der Waals surface area (Å²) in [6, 6.07) is 7.33. The third kappa shape index (κ3) is 3.61. The zero-order valence-electron chi connectivity index (χ0n) is 13.5. The van der Waals surface area contributed by atoms with Crippen LogP contribution in [0.3, 0.4) is 0 Å². The largest absolute Gasteiger partial charge is 0.481 e. The third-order valence-electron chi connectivity index (χ3n) is 4.38. The number of carboxylic acids is 1. The van der Waals surface area contributed by atoms with Crippen molar-refractivity contribution in [3.63, 3.8) is 0 Å². The molecule has 1 aromatic heterocycles. The molecular weight excluding hydrogens is 308 g/mol. The molecule has 1 saturated carbocycles. The van der Waals surface area contributed by atoms with Gasteiger partial charge in [0.1, 0.15) is 5.82 Å². The lowest BCUT2D eigenvalue weighted by Crippen LogP contribution is -2.30. The number of benzene rings is 1. The minimum atomic E-state index is -0.811. The molecule has 126 valence electrons. The van der Waals surface area contributed by atoms with Crippen molar-refractivity contribution >= 4 is 17.6 Å². The van der Waals surface area contributed by atoms with E-state index >= 15 is 0 Å². The van der Waals surface area contributed by atoms with Gasteiger partial charge in [-0.1, -0.05) is 18.6 Å². The predicted molar refractivity (Wildman–Crippen MR) is 88.3 cm³/mol. The molecule has 2 aromatic rings. The van der Waals surface area contributed by atoms with Gasteiger partial charge in [0.15, 0.2) is 5.82 Å². The highest BCUT2D eigenvalue weighted by Crippen LogP contribution is 2.30. The van der Waals surface area contributed by atoms with Crippen LogP contribution in [0.15, 0.2) is 24.3 Å². The number of hydrogen-bond donors (Lipinski definition) is 3. The molecule has 0 radical (unpaired) electrons. The number of aliphatic carboxylic acids is 1. The quantitative estimate of drug-likeness (QED) is 0.799. The monoisotopic (exact) mass is 328 g/mol. The Morgan fingerprint density at radius 2 is 2.08 bits per heavy atom. The number of H-pyrrole nitrogens is 1. The molecule has 1 fully saturated rings. The number of carbonyl (C=O) groups excluding carboxylic acids is 1. The molecule has 1 amide bonds. The second kappa shape index (κ2) is 6.82. The second-order valence-electron chi connectivity index (χ2n) is 6.21. The summed E-state index contributed by atoms with van der Waals surface area (Å²) in [5, 5.41) is 18.9. The van der Waals surface area contributed by atoms with Crippen LogP contribution in [0.2, 0.25) is 0 Å². The fourth-order valence-electron chi connectivity index (χ4n) is 3.10. The van der Waals surface area contributed by atoms with Gasteiger partial charge in [-0.3, -0.25) is 14.7 Å². The maximum Gasteiger partial charge on any atom is 0.306 e. The third-order valence-corrected chi connectivity index (χ3v) is 4.38. The zero-order chi connectivity index (χ0) is 17.1. The summed E-state index contributed by atoms with van der Waals surface area (Å²) in [5.41, 5.74) is 1.47. The van der Waals surface area contributed by atoms with E-state index in [2.05, 4.69) is 20.5 Å². The number of hydrogen-bond acceptors (Lipinski definition) is 4. The Labute approximate surface area is 139 Å². The summed E-state index contributed by atoms with van der Waals surface area (Å²) >= 11 is 0. The molecule has 1 aliphatic carbocycles. The first-order valence-electron chi connectivity index (χ1n) is 8.06. The van der Waals surface area contributed by atoms with Gasteiger partial charge in [-0.2, -0.15) is 5.10 Å². The average molecular weight is 328 g/mol. The Kier molecular flexibility index (Phi) is 4.59. The zero-order valence-corrected chi connectivity index (χ0v) is 13.5. The van der Waals surface area contributed by atoms with Gasteiger partial charge in [0.05, 0.1) is 5.92 Å². The van der Waals surface area contributed by atoms with Crippen LogP contribution in [0.5, 0.6) is 0 Å². The number of aryl methyl sites for hydroxylation is 1. The van der Waals surface area contributed by atoms with E-state index in [-0.39, 0.29) is 11.8 Å². The number of anilines is 1. The van der Waals surface area contributed by atoms with Crippen molar-refractivity contribution < 1.29 is 14.7 Å². The Balaban J connectivity index is 1.69. The second-order valence-corrected chi connectivity index (χ2v) is 6.21. The highest BCUT2D eigenvalue weighted by molar-refractivity contribution is 5.93. The Morgan fingerprint density at radius 3 is 2.79 bits per heavy atom.